The number of hydrogen-bond donors (Lipinski definition) is 1. The number of fused-ring (bicyclic) bond motifs is 1. The molecule has 21 heavy (non-hydrogen) atoms. The molecule has 4 nitrogen and oxygen atoms in total. The van der Waals surface area contributed by atoms with Gasteiger partial charge in [0.05, 0.1) is 18.4 Å². The molecule has 0 radical (unpaired) electrons. The number of carbonyl (C=O) groups excluding carboxylic acids is 2. The molecule has 1 amide bonds. The molecule has 1 aliphatic rings. The fraction of sp³-hybridized carbons (Fsp3) is 0.0588. The van der Waals surface area contributed by atoms with E-state index in [9.17, 15) is 9.59 Å². The normalized spacial score (nSPS) is 15.6. The largest absolute Gasteiger partial charge is 0.497 e. The number of methoxy groups -OCH3 is 1. The predicted octanol–water partition coefficient (Wildman–Crippen LogP) is 2.66. The van der Waals surface area contributed by atoms with E-state index >= 15 is 0 Å². The van der Waals surface area contributed by atoms with E-state index in [0.29, 0.717) is 11.1 Å². The number of ketones is 1. The second-order valence-electron chi connectivity index (χ2n) is 4.66. The molecule has 2 aromatic rings. The first-order chi connectivity index (χ1) is 10.2. The Labute approximate surface area is 122 Å². The summed E-state index contributed by atoms with van der Waals surface area (Å²) >= 11 is 0. The standard InChI is InChI=1S/C17H13NO3/c1-21-12-8-6-11(7-9-12)10-15-16(19)13-4-2-3-5-14(13)17(20)18-15/h2-10H,1H3,(H,18,20). The molecule has 0 saturated carbocycles. The summed E-state index contributed by atoms with van der Waals surface area (Å²) in [7, 11) is 1.59. The Hall–Kier alpha value is -2.88. The molecule has 0 bridgehead atoms. The third kappa shape index (κ3) is 2.43. The average Bonchev–Trinajstić information content (AvgIpc) is 2.53. The maximum Gasteiger partial charge on any atom is 0.256 e. The lowest BCUT2D eigenvalue weighted by Crippen LogP contribution is -2.34. The summed E-state index contributed by atoms with van der Waals surface area (Å²) in [5, 5.41) is 2.64. The number of carbonyl (C=O) groups is 2. The first-order valence-electron chi connectivity index (χ1n) is 6.50. The van der Waals surface area contributed by atoms with E-state index in [0.717, 1.165) is 11.3 Å². The Kier molecular flexibility index (Phi) is 3.28. The minimum Gasteiger partial charge on any atom is -0.497 e. The lowest BCUT2D eigenvalue weighted by atomic mass is 9.96. The van der Waals surface area contributed by atoms with Crippen molar-refractivity contribution in [2.45, 2.75) is 0 Å². The molecule has 104 valence electrons. The predicted molar refractivity (Wildman–Crippen MR) is 79.2 cm³/mol. The highest BCUT2D eigenvalue weighted by Crippen LogP contribution is 2.21. The van der Waals surface area contributed by atoms with Gasteiger partial charge in [-0.15, -0.1) is 0 Å². The molecular weight excluding hydrogens is 266 g/mol. The van der Waals surface area contributed by atoms with Crippen molar-refractivity contribution < 1.29 is 14.3 Å². The van der Waals surface area contributed by atoms with Gasteiger partial charge in [0.15, 0.2) is 0 Å². The Morgan fingerprint density at radius 2 is 1.62 bits per heavy atom. The van der Waals surface area contributed by atoms with Gasteiger partial charge in [-0.3, -0.25) is 9.59 Å². The molecule has 0 fully saturated rings. The molecule has 1 aliphatic heterocycles. The molecule has 0 atom stereocenters. The summed E-state index contributed by atoms with van der Waals surface area (Å²) in [6.07, 6.45) is 1.66. The van der Waals surface area contributed by atoms with Gasteiger partial charge in [-0.2, -0.15) is 0 Å². The summed E-state index contributed by atoms with van der Waals surface area (Å²) < 4.78 is 5.09. The number of Topliss-reactive ketones (excluding diaryl/α,β-unsaturated/α-hetero) is 1. The molecular formula is C17H13NO3. The van der Waals surface area contributed by atoms with Crippen molar-refractivity contribution in [3.63, 3.8) is 0 Å². The number of amides is 1. The van der Waals surface area contributed by atoms with E-state index in [-0.39, 0.29) is 17.4 Å². The first-order valence-corrected chi connectivity index (χ1v) is 6.50. The molecule has 0 saturated heterocycles. The summed E-state index contributed by atoms with van der Waals surface area (Å²) in [5.74, 6) is 0.299. The van der Waals surface area contributed by atoms with Gasteiger partial charge in [-0.05, 0) is 29.8 Å². The van der Waals surface area contributed by atoms with E-state index in [1.807, 2.05) is 12.1 Å². The zero-order chi connectivity index (χ0) is 14.8. The lowest BCUT2D eigenvalue weighted by molar-refractivity contribution is 0.0910. The number of hydrogen-bond acceptors (Lipinski definition) is 3. The van der Waals surface area contributed by atoms with Crippen LogP contribution in [0.2, 0.25) is 0 Å². The lowest BCUT2D eigenvalue weighted by Gasteiger charge is -2.17. The van der Waals surface area contributed by atoms with Gasteiger partial charge in [0.1, 0.15) is 5.75 Å². The van der Waals surface area contributed by atoms with Crippen LogP contribution < -0.4 is 10.1 Å². The van der Waals surface area contributed by atoms with Crippen LogP contribution in [0, 0.1) is 0 Å². The van der Waals surface area contributed by atoms with Crippen LogP contribution in [0.4, 0.5) is 0 Å². The fourth-order valence-corrected chi connectivity index (χ4v) is 2.24. The third-order valence-electron chi connectivity index (χ3n) is 3.34. The van der Waals surface area contributed by atoms with Crippen LogP contribution >= 0.6 is 0 Å². The Morgan fingerprint density at radius 3 is 2.29 bits per heavy atom. The Morgan fingerprint density at radius 1 is 0.952 bits per heavy atom. The van der Waals surface area contributed by atoms with Crippen molar-refractivity contribution in [1.29, 1.82) is 0 Å². The SMILES string of the molecule is COc1ccc(C=C2NC(=O)c3ccccc3C2=O)cc1. The number of nitrogens with one attached hydrogen (secondary N) is 1. The van der Waals surface area contributed by atoms with Crippen molar-refractivity contribution in [3.8, 4) is 5.75 Å². The van der Waals surface area contributed by atoms with Crippen molar-refractivity contribution in [1.82, 2.24) is 5.32 Å². The zero-order valence-corrected chi connectivity index (χ0v) is 11.4. The first kappa shape index (κ1) is 13.1. The molecule has 0 aliphatic carbocycles. The number of rotatable bonds is 2. The van der Waals surface area contributed by atoms with Crippen molar-refractivity contribution in [2.24, 2.45) is 0 Å². The van der Waals surface area contributed by atoms with Crippen LogP contribution in [0.5, 0.6) is 5.75 Å². The van der Waals surface area contributed by atoms with Gasteiger partial charge in [0.25, 0.3) is 5.91 Å². The second-order valence-corrected chi connectivity index (χ2v) is 4.66. The highest BCUT2D eigenvalue weighted by molar-refractivity contribution is 6.22. The summed E-state index contributed by atoms with van der Waals surface area (Å²) in [6, 6.07) is 14.1. The topological polar surface area (TPSA) is 55.4 Å². The summed E-state index contributed by atoms with van der Waals surface area (Å²) in [6.45, 7) is 0. The van der Waals surface area contributed by atoms with Gasteiger partial charge >= 0.3 is 0 Å². The van der Waals surface area contributed by atoms with Gasteiger partial charge in [-0.25, -0.2) is 0 Å². The van der Waals surface area contributed by atoms with Crippen LogP contribution in [-0.2, 0) is 0 Å². The minimum absolute atomic E-state index is 0.180. The van der Waals surface area contributed by atoms with E-state index in [1.54, 1.807) is 49.6 Å². The molecule has 0 unspecified atom stereocenters. The van der Waals surface area contributed by atoms with Crippen LogP contribution in [-0.4, -0.2) is 18.8 Å². The van der Waals surface area contributed by atoms with E-state index in [2.05, 4.69) is 5.32 Å². The highest BCUT2D eigenvalue weighted by Gasteiger charge is 2.26. The number of allylic oxidation sites excluding steroid dienone is 1. The molecule has 3 rings (SSSR count). The van der Waals surface area contributed by atoms with Gasteiger partial charge in [-0.1, -0.05) is 30.3 Å². The van der Waals surface area contributed by atoms with E-state index in [1.165, 1.54) is 0 Å². The van der Waals surface area contributed by atoms with Crippen LogP contribution in [0.15, 0.2) is 54.2 Å². The fourth-order valence-electron chi connectivity index (χ4n) is 2.24. The monoisotopic (exact) mass is 279 g/mol. The van der Waals surface area contributed by atoms with E-state index < -0.39 is 0 Å². The molecule has 4 heteroatoms. The maximum atomic E-state index is 12.4. The molecule has 0 aromatic heterocycles. The molecule has 1 heterocycles. The maximum absolute atomic E-state index is 12.4. The Bertz CT molecular complexity index is 745. The van der Waals surface area contributed by atoms with Crippen LogP contribution in [0.1, 0.15) is 26.3 Å². The highest BCUT2D eigenvalue weighted by atomic mass is 16.5. The zero-order valence-electron chi connectivity index (χ0n) is 11.4. The number of benzene rings is 2. The smallest absolute Gasteiger partial charge is 0.256 e. The second kappa shape index (κ2) is 5.25. The van der Waals surface area contributed by atoms with Gasteiger partial charge in [0, 0.05) is 5.56 Å². The van der Waals surface area contributed by atoms with Gasteiger partial charge in [0.2, 0.25) is 5.78 Å². The molecule has 1 N–H and O–H groups in total. The molecule has 0 spiro atoms. The quantitative estimate of drug-likeness (QED) is 0.860. The van der Waals surface area contributed by atoms with E-state index in [4.69, 9.17) is 4.74 Å². The average molecular weight is 279 g/mol. The van der Waals surface area contributed by atoms with Crippen LogP contribution in [0.25, 0.3) is 6.08 Å². The number of ether oxygens (including phenoxy) is 1. The minimum atomic E-state index is -0.259. The van der Waals surface area contributed by atoms with Crippen molar-refractivity contribution in [2.75, 3.05) is 7.11 Å². The van der Waals surface area contributed by atoms with Crippen molar-refractivity contribution in [3.05, 3.63) is 70.9 Å². The van der Waals surface area contributed by atoms with Gasteiger partial charge < -0.3 is 10.1 Å². The van der Waals surface area contributed by atoms with Crippen LogP contribution in [0.3, 0.4) is 0 Å². The Balaban J connectivity index is 1.98. The van der Waals surface area contributed by atoms with Crippen molar-refractivity contribution >= 4 is 17.8 Å². The summed E-state index contributed by atoms with van der Waals surface area (Å²) in [4.78, 5) is 24.4. The third-order valence-corrected chi connectivity index (χ3v) is 3.34. The molecule has 2 aromatic carbocycles. The summed E-state index contributed by atoms with van der Waals surface area (Å²) in [5.41, 5.74) is 1.94.